The fraction of sp³-hybridized carbons (Fsp3) is 0.632. The molecule has 0 aliphatic carbocycles. The number of rotatable bonds is 4. The predicted molar refractivity (Wildman–Crippen MR) is 96.7 cm³/mol. The molecule has 28 heavy (non-hydrogen) atoms. The third kappa shape index (κ3) is 4.29. The summed E-state index contributed by atoms with van der Waals surface area (Å²) in [5.74, 6) is 0.266. The summed E-state index contributed by atoms with van der Waals surface area (Å²) in [5, 5.41) is 4.70. The van der Waals surface area contributed by atoms with Crippen LogP contribution in [0.1, 0.15) is 42.8 Å². The molecule has 2 aromatic rings. The molecule has 0 radical (unpaired) electrons. The van der Waals surface area contributed by atoms with Crippen LogP contribution in [0.5, 0.6) is 0 Å². The van der Waals surface area contributed by atoms with E-state index >= 15 is 0 Å². The smallest absolute Gasteiger partial charge is 0.299 e. The van der Waals surface area contributed by atoms with E-state index in [0.29, 0.717) is 12.6 Å². The number of fused-ring (bicyclic) bond motifs is 1. The van der Waals surface area contributed by atoms with E-state index in [-0.39, 0.29) is 5.92 Å². The highest BCUT2D eigenvalue weighted by molar-refractivity contribution is 5.12. The maximum atomic E-state index is 12.6. The van der Waals surface area contributed by atoms with Gasteiger partial charge < -0.3 is 0 Å². The minimum Gasteiger partial charge on any atom is -0.299 e. The van der Waals surface area contributed by atoms with E-state index in [9.17, 15) is 18.0 Å². The van der Waals surface area contributed by atoms with Crippen LogP contribution < -0.4 is 5.56 Å². The van der Waals surface area contributed by atoms with E-state index in [1.165, 1.54) is 23.1 Å². The van der Waals surface area contributed by atoms with E-state index < -0.39 is 17.4 Å². The van der Waals surface area contributed by atoms with Crippen LogP contribution >= 0.6 is 0 Å². The highest BCUT2D eigenvalue weighted by Gasteiger charge is 2.33. The Balaban J connectivity index is 1.31. The van der Waals surface area contributed by atoms with Crippen molar-refractivity contribution in [1.82, 2.24) is 24.2 Å². The van der Waals surface area contributed by atoms with Crippen LogP contribution in [0.3, 0.4) is 0 Å². The molecular formula is C19H24F3N5O. The molecule has 1 fully saturated rings. The van der Waals surface area contributed by atoms with Crippen molar-refractivity contribution in [3.8, 4) is 0 Å². The fourth-order valence-electron chi connectivity index (χ4n) is 4.11. The molecule has 1 saturated heterocycles. The number of halogens is 3. The number of aryl methyl sites for hydroxylation is 2. The Bertz CT molecular complexity index is 857. The lowest BCUT2D eigenvalue weighted by Gasteiger charge is -2.31. The highest BCUT2D eigenvalue weighted by Crippen LogP contribution is 2.26. The molecule has 2 aromatic heterocycles. The van der Waals surface area contributed by atoms with Crippen molar-refractivity contribution in [2.75, 3.05) is 13.1 Å². The Kier molecular flexibility index (Phi) is 5.27. The van der Waals surface area contributed by atoms with Gasteiger partial charge in [0.05, 0.1) is 12.0 Å². The van der Waals surface area contributed by atoms with Gasteiger partial charge in [0, 0.05) is 31.4 Å². The molecule has 0 bridgehead atoms. The lowest BCUT2D eigenvalue weighted by atomic mass is 9.96. The van der Waals surface area contributed by atoms with E-state index in [2.05, 4.69) is 20.6 Å². The molecule has 0 saturated carbocycles. The number of likely N-dealkylation sites (tertiary alicyclic amines) is 1. The van der Waals surface area contributed by atoms with Crippen LogP contribution in [-0.4, -0.2) is 37.3 Å². The topological polar surface area (TPSA) is 56.0 Å². The number of piperidine rings is 1. The molecule has 0 atom stereocenters. The molecule has 0 unspecified atom stereocenters. The highest BCUT2D eigenvalue weighted by atomic mass is 19.4. The van der Waals surface area contributed by atoms with Crippen LogP contribution in [0.15, 0.2) is 23.3 Å². The molecule has 4 heterocycles. The van der Waals surface area contributed by atoms with Gasteiger partial charge in [0.15, 0.2) is 5.69 Å². The lowest BCUT2D eigenvalue weighted by Crippen LogP contribution is -2.36. The summed E-state index contributed by atoms with van der Waals surface area (Å²) < 4.78 is 41.3. The van der Waals surface area contributed by atoms with Gasteiger partial charge in [-0.3, -0.25) is 18.9 Å². The van der Waals surface area contributed by atoms with Crippen molar-refractivity contribution in [1.29, 1.82) is 0 Å². The van der Waals surface area contributed by atoms with Crippen molar-refractivity contribution >= 4 is 0 Å². The molecule has 0 spiro atoms. The largest absolute Gasteiger partial charge is 0.433 e. The number of aromatic nitrogens is 4. The first-order valence-corrected chi connectivity index (χ1v) is 9.80. The summed E-state index contributed by atoms with van der Waals surface area (Å²) in [6.45, 7) is 4.05. The molecule has 9 heteroatoms. The van der Waals surface area contributed by atoms with E-state index in [1.54, 1.807) is 0 Å². The van der Waals surface area contributed by atoms with Gasteiger partial charge in [0.25, 0.3) is 5.56 Å². The zero-order valence-corrected chi connectivity index (χ0v) is 15.7. The summed E-state index contributed by atoms with van der Waals surface area (Å²) >= 11 is 0. The van der Waals surface area contributed by atoms with Gasteiger partial charge in [-0.25, -0.2) is 4.98 Å². The average Bonchev–Trinajstić information content (AvgIpc) is 3.06. The predicted octanol–water partition coefficient (Wildman–Crippen LogP) is 2.71. The maximum Gasteiger partial charge on any atom is 0.433 e. The summed E-state index contributed by atoms with van der Waals surface area (Å²) in [5.41, 5.74) is 0.656. The molecule has 0 amide bonds. The summed E-state index contributed by atoms with van der Waals surface area (Å²) in [6.07, 6.45) is 1.77. The molecule has 2 aliphatic rings. The maximum absolute atomic E-state index is 12.6. The third-order valence-electron chi connectivity index (χ3n) is 5.68. The number of nitrogens with zero attached hydrogens (tertiary/aromatic N) is 5. The molecule has 2 aliphatic heterocycles. The van der Waals surface area contributed by atoms with Gasteiger partial charge in [-0.2, -0.15) is 18.3 Å². The summed E-state index contributed by atoms with van der Waals surface area (Å²) in [4.78, 5) is 17.7. The van der Waals surface area contributed by atoms with Crippen molar-refractivity contribution in [3.63, 3.8) is 0 Å². The molecular weight excluding hydrogens is 371 g/mol. The summed E-state index contributed by atoms with van der Waals surface area (Å²) in [6, 6.07) is 2.79. The van der Waals surface area contributed by atoms with Gasteiger partial charge in [-0.05, 0) is 57.2 Å². The normalized spacial score (nSPS) is 19.0. The lowest BCUT2D eigenvalue weighted by molar-refractivity contribution is -0.141. The second kappa shape index (κ2) is 7.69. The van der Waals surface area contributed by atoms with Crippen LogP contribution in [0, 0.1) is 5.92 Å². The van der Waals surface area contributed by atoms with Crippen LogP contribution in [0.2, 0.25) is 0 Å². The van der Waals surface area contributed by atoms with Crippen LogP contribution in [-0.2, 0) is 32.2 Å². The second-order valence-electron chi connectivity index (χ2n) is 7.79. The van der Waals surface area contributed by atoms with Crippen molar-refractivity contribution in [3.05, 3.63) is 45.9 Å². The molecule has 6 nitrogen and oxygen atoms in total. The minimum atomic E-state index is -4.59. The molecule has 0 N–H and O–H groups in total. The monoisotopic (exact) mass is 395 g/mol. The van der Waals surface area contributed by atoms with E-state index in [0.717, 1.165) is 57.5 Å². The average molecular weight is 395 g/mol. The van der Waals surface area contributed by atoms with Gasteiger partial charge in [0.2, 0.25) is 0 Å². The first-order chi connectivity index (χ1) is 13.4. The molecule has 0 aromatic carbocycles. The van der Waals surface area contributed by atoms with Gasteiger partial charge in [-0.1, -0.05) is 0 Å². The van der Waals surface area contributed by atoms with Crippen molar-refractivity contribution in [2.24, 2.45) is 5.92 Å². The number of alkyl halides is 3. The number of hydrogen-bond acceptors (Lipinski definition) is 4. The SMILES string of the molecule is O=c1cc(C(F)(F)F)ncn1CC1CCN(Cc2cc3n(n2)CCCC3)CC1. The Morgan fingerprint density at radius 3 is 2.57 bits per heavy atom. The Morgan fingerprint density at radius 1 is 1.11 bits per heavy atom. The Labute approximate surface area is 161 Å². The third-order valence-corrected chi connectivity index (χ3v) is 5.68. The quantitative estimate of drug-likeness (QED) is 0.799. The van der Waals surface area contributed by atoms with Crippen molar-refractivity contribution < 1.29 is 13.2 Å². The first kappa shape index (κ1) is 19.2. The molecule has 4 rings (SSSR count). The fourth-order valence-corrected chi connectivity index (χ4v) is 4.11. The van der Waals surface area contributed by atoms with E-state index in [4.69, 9.17) is 5.10 Å². The zero-order valence-electron chi connectivity index (χ0n) is 15.7. The molecule has 152 valence electrons. The van der Waals surface area contributed by atoms with Gasteiger partial charge in [0.1, 0.15) is 0 Å². The standard InChI is InChI=1S/C19H24F3N5O/c20-19(21,22)17-10-18(28)26(13-23-17)11-14-4-7-25(8-5-14)12-15-9-16-3-1-2-6-27(16)24-15/h9-10,13-14H,1-8,11-12H2. The number of hydrogen-bond donors (Lipinski definition) is 0. The second-order valence-corrected chi connectivity index (χ2v) is 7.79. The van der Waals surface area contributed by atoms with Gasteiger partial charge in [-0.15, -0.1) is 0 Å². The first-order valence-electron chi connectivity index (χ1n) is 9.80. The summed E-state index contributed by atoms with van der Waals surface area (Å²) in [7, 11) is 0. The minimum absolute atomic E-state index is 0.266. The van der Waals surface area contributed by atoms with Crippen LogP contribution in [0.4, 0.5) is 13.2 Å². The van der Waals surface area contributed by atoms with Crippen LogP contribution in [0.25, 0.3) is 0 Å². The Hall–Kier alpha value is -2.16. The zero-order chi connectivity index (χ0) is 19.7. The Morgan fingerprint density at radius 2 is 1.89 bits per heavy atom. The van der Waals surface area contributed by atoms with Gasteiger partial charge >= 0.3 is 6.18 Å². The van der Waals surface area contributed by atoms with Crippen molar-refractivity contribution in [2.45, 2.75) is 57.9 Å². The van der Waals surface area contributed by atoms with E-state index in [1.807, 2.05) is 0 Å².